The van der Waals surface area contributed by atoms with E-state index >= 15 is 0 Å². The fourth-order valence-electron chi connectivity index (χ4n) is 1.78. The van der Waals surface area contributed by atoms with E-state index < -0.39 is 14.9 Å². The summed E-state index contributed by atoms with van der Waals surface area (Å²) in [6.07, 6.45) is 0. The van der Waals surface area contributed by atoms with Gasteiger partial charge in [-0.3, -0.25) is 0 Å². The second-order valence-corrected chi connectivity index (χ2v) is 6.39. The predicted octanol–water partition coefficient (Wildman–Crippen LogP) is 2.19. The molecule has 0 bridgehead atoms. The van der Waals surface area contributed by atoms with E-state index in [-0.39, 0.29) is 24.1 Å². The highest BCUT2D eigenvalue weighted by Gasteiger charge is 2.25. The van der Waals surface area contributed by atoms with E-state index in [2.05, 4.69) is 0 Å². The predicted molar refractivity (Wildman–Crippen MR) is 68.0 cm³/mol. The second-order valence-electron chi connectivity index (χ2n) is 3.58. The first-order chi connectivity index (χ1) is 6.88. The fraction of sp³-hybridized carbons (Fsp3) is 0.400. The molecule has 0 spiro atoms. The Kier molecular flexibility index (Phi) is 5.52. The number of sulfone groups is 1. The molecule has 1 aromatic rings. The monoisotopic (exact) mass is 281 g/mol. The molecule has 1 rings (SSSR count). The van der Waals surface area contributed by atoms with E-state index in [1.807, 2.05) is 19.1 Å². The van der Waals surface area contributed by atoms with Crippen LogP contribution >= 0.6 is 12.4 Å². The van der Waals surface area contributed by atoms with Crippen LogP contribution in [0.4, 0.5) is 0 Å². The molecular weight excluding hydrogens is 268 g/mol. The van der Waals surface area contributed by atoms with Gasteiger partial charge in [-0.2, -0.15) is 0 Å². The first-order valence-electron chi connectivity index (χ1n) is 4.44. The van der Waals surface area contributed by atoms with Gasteiger partial charge in [0.1, 0.15) is 0 Å². The molecule has 0 heterocycles. The molecule has 3 nitrogen and oxygen atoms in total. The summed E-state index contributed by atoms with van der Waals surface area (Å²) < 4.78 is 33.9. The minimum Gasteiger partial charge on any atom is -0.218 e. The molecule has 0 aromatic heterocycles. The number of hydrogen-bond donors (Lipinski definition) is 0. The Balaban J connectivity index is 0.00000225. The molecule has 90 valence electrons. The number of rotatable bonds is 3. The maximum atomic E-state index is 11.8. The van der Waals surface area contributed by atoms with Crippen LogP contribution in [0.25, 0.3) is 0 Å². The summed E-state index contributed by atoms with van der Waals surface area (Å²) in [5.41, 5.74) is 2.45. The summed E-state index contributed by atoms with van der Waals surface area (Å²) in [5, 5.41) is -0.405. The standard InChI is InChI=1S/C10H13O3S2.ClH/c1-7-4-8(2)10(9(3)5-7)15(12,13)6-14-11;/h4-5H,6H2,1-3H3;1H/q+1;. The quantitative estimate of drug-likeness (QED) is 0.798. The minimum atomic E-state index is -3.44. The number of hydrogen-bond acceptors (Lipinski definition) is 3. The summed E-state index contributed by atoms with van der Waals surface area (Å²) in [7, 11) is -3.44. The maximum Gasteiger partial charge on any atom is 0.476 e. The molecule has 0 saturated heterocycles. The zero-order valence-corrected chi connectivity index (χ0v) is 11.8. The highest BCUT2D eigenvalue weighted by Crippen LogP contribution is 2.22. The molecule has 0 fully saturated rings. The van der Waals surface area contributed by atoms with Gasteiger partial charge in [-0.15, -0.1) is 12.4 Å². The van der Waals surface area contributed by atoms with Crippen LogP contribution in [0, 0.1) is 20.8 Å². The van der Waals surface area contributed by atoms with Crippen LogP contribution in [0.5, 0.6) is 0 Å². The van der Waals surface area contributed by atoms with Gasteiger partial charge >= 0.3 is 16.8 Å². The van der Waals surface area contributed by atoms with Crippen molar-refractivity contribution in [3.63, 3.8) is 0 Å². The number of aryl methyl sites for hydroxylation is 3. The SMILES string of the molecule is Cc1cc(C)c(S(=O)(=O)C[S+]=O)c(C)c1.Cl. The van der Waals surface area contributed by atoms with E-state index in [1.165, 1.54) is 0 Å². The first-order valence-corrected chi connectivity index (χ1v) is 7.00. The highest BCUT2D eigenvalue weighted by molar-refractivity contribution is 7.99. The molecule has 0 unspecified atom stereocenters. The van der Waals surface area contributed by atoms with E-state index in [9.17, 15) is 12.6 Å². The molecule has 0 aliphatic carbocycles. The van der Waals surface area contributed by atoms with Crippen molar-refractivity contribution >= 4 is 33.9 Å². The van der Waals surface area contributed by atoms with Crippen molar-refractivity contribution in [1.29, 1.82) is 0 Å². The molecule has 0 aliphatic rings. The van der Waals surface area contributed by atoms with Gasteiger partial charge in [0, 0.05) is 4.21 Å². The third kappa shape index (κ3) is 3.23. The Morgan fingerprint density at radius 2 is 1.56 bits per heavy atom. The van der Waals surface area contributed by atoms with Crippen LogP contribution in [0.1, 0.15) is 16.7 Å². The molecule has 0 N–H and O–H groups in total. The van der Waals surface area contributed by atoms with E-state index in [4.69, 9.17) is 0 Å². The van der Waals surface area contributed by atoms with Crippen molar-refractivity contribution in [2.45, 2.75) is 25.7 Å². The van der Waals surface area contributed by atoms with Crippen molar-refractivity contribution in [1.82, 2.24) is 0 Å². The highest BCUT2D eigenvalue weighted by atomic mass is 35.5. The van der Waals surface area contributed by atoms with Gasteiger partial charge in [0.25, 0.3) is 0 Å². The molecule has 0 radical (unpaired) electrons. The normalized spacial score (nSPS) is 10.7. The van der Waals surface area contributed by atoms with Gasteiger partial charge in [0.2, 0.25) is 9.84 Å². The lowest BCUT2D eigenvalue weighted by Gasteiger charge is -2.07. The second kappa shape index (κ2) is 5.70. The van der Waals surface area contributed by atoms with Crippen molar-refractivity contribution in [2.75, 3.05) is 5.08 Å². The van der Waals surface area contributed by atoms with E-state index in [0.717, 1.165) is 5.56 Å². The summed E-state index contributed by atoms with van der Waals surface area (Å²) in [6, 6.07) is 3.63. The third-order valence-electron chi connectivity index (χ3n) is 2.12. The van der Waals surface area contributed by atoms with Crippen molar-refractivity contribution in [3.05, 3.63) is 28.8 Å². The molecule has 6 heteroatoms. The van der Waals surface area contributed by atoms with Crippen LogP contribution < -0.4 is 0 Å². The van der Waals surface area contributed by atoms with Gasteiger partial charge in [-0.1, -0.05) is 17.7 Å². The summed E-state index contributed by atoms with van der Waals surface area (Å²) in [4.78, 5) is 0.302. The zero-order valence-electron chi connectivity index (χ0n) is 9.31. The lowest BCUT2D eigenvalue weighted by atomic mass is 10.1. The Bertz CT molecular complexity index is 472. The van der Waals surface area contributed by atoms with Crippen molar-refractivity contribution in [3.8, 4) is 0 Å². The van der Waals surface area contributed by atoms with E-state index in [1.54, 1.807) is 13.8 Å². The molecule has 0 saturated carbocycles. The van der Waals surface area contributed by atoms with Gasteiger partial charge in [0.15, 0.2) is 0 Å². The van der Waals surface area contributed by atoms with Crippen LogP contribution in [0.15, 0.2) is 17.0 Å². The fourth-order valence-corrected chi connectivity index (χ4v) is 3.86. The van der Waals surface area contributed by atoms with Crippen LogP contribution in [-0.4, -0.2) is 13.5 Å². The third-order valence-corrected chi connectivity index (χ3v) is 5.01. The smallest absolute Gasteiger partial charge is 0.218 e. The van der Waals surface area contributed by atoms with Crippen molar-refractivity contribution < 1.29 is 12.6 Å². The van der Waals surface area contributed by atoms with Crippen molar-refractivity contribution in [2.24, 2.45) is 0 Å². The average molecular weight is 282 g/mol. The summed E-state index contributed by atoms with van der Waals surface area (Å²) in [6.45, 7) is 5.42. The molecule has 0 aliphatic heterocycles. The Hall–Kier alpha value is -0.520. The van der Waals surface area contributed by atoms with Gasteiger partial charge < -0.3 is 0 Å². The van der Waals surface area contributed by atoms with Crippen LogP contribution in [0.2, 0.25) is 0 Å². The van der Waals surface area contributed by atoms with Gasteiger partial charge in [-0.25, -0.2) is 8.42 Å². The molecule has 0 amide bonds. The molecule has 1 aromatic carbocycles. The molecule has 0 atom stereocenters. The van der Waals surface area contributed by atoms with E-state index in [0.29, 0.717) is 16.0 Å². The lowest BCUT2D eigenvalue weighted by Crippen LogP contribution is -2.09. The lowest BCUT2D eigenvalue weighted by molar-refractivity contribution is 0.595. The van der Waals surface area contributed by atoms with Crippen LogP contribution in [0.3, 0.4) is 0 Å². The van der Waals surface area contributed by atoms with Crippen LogP contribution in [-0.2, 0) is 25.7 Å². The molecule has 16 heavy (non-hydrogen) atoms. The Morgan fingerprint density at radius 3 is 1.94 bits per heavy atom. The Morgan fingerprint density at radius 1 is 1.12 bits per heavy atom. The first kappa shape index (κ1) is 15.5. The average Bonchev–Trinajstić information content (AvgIpc) is 1.99. The number of benzene rings is 1. The minimum absolute atomic E-state index is 0. The van der Waals surface area contributed by atoms with Gasteiger partial charge in [-0.05, 0) is 31.9 Å². The Labute approximate surface area is 106 Å². The zero-order chi connectivity index (χ0) is 11.6. The van der Waals surface area contributed by atoms with Gasteiger partial charge in [0.05, 0.1) is 4.90 Å². The maximum absolute atomic E-state index is 11.8. The molecular formula is C10H14ClO3S2+. The number of halogens is 1. The summed E-state index contributed by atoms with van der Waals surface area (Å²) >= 11 is 0.0870. The topological polar surface area (TPSA) is 51.2 Å². The summed E-state index contributed by atoms with van der Waals surface area (Å²) in [5.74, 6) is 0. The largest absolute Gasteiger partial charge is 0.476 e.